The number of rotatable bonds is 3. The van der Waals surface area contributed by atoms with Crippen LogP contribution in [0.4, 0.5) is 0 Å². The lowest BCUT2D eigenvalue weighted by atomic mass is 10.0. The minimum absolute atomic E-state index is 0.308. The highest BCUT2D eigenvalue weighted by atomic mass is 16.5. The smallest absolute Gasteiger partial charge is 0.184 e. The Hall–Kier alpha value is -1.31. The molecule has 2 heteroatoms. The Morgan fingerprint density at radius 1 is 1.29 bits per heavy atom. The van der Waals surface area contributed by atoms with Crippen molar-refractivity contribution in [1.29, 1.82) is 5.41 Å². The van der Waals surface area contributed by atoms with Crippen molar-refractivity contribution >= 4 is 5.90 Å². The first-order valence-electron chi connectivity index (χ1n) is 4.83. The topological polar surface area (TPSA) is 33.1 Å². The van der Waals surface area contributed by atoms with E-state index >= 15 is 0 Å². The number of ether oxygens (including phenoxy) is 1. The van der Waals surface area contributed by atoms with Crippen molar-refractivity contribution in [3.05, 3.63) is 35.4 Å². The molecule has 0 saturated carbocycles. The molecule has 0 aromatic heterocycles. The van der Waals surface area contributed by atoms with Crippen LogP contribution >= 0.6 is 0 Å². The Morgan fingerprint density at radius 3 is 2.29 bits per heavy atom. The zero-order chi connectivity index (χ0) is 10.6. The summed E-state index contributed by atoms with van der Waals surface area (Å²) in [6.45, 7) is 4.35. The molecule has 1 rings (SSSR count). The fourth-order valence-electron chi connectivity index (χ4n) is 1.28. The van der Waals surface area contributed by atoms with Gasteiger partial charge in [0.1, 0.15) is 0 Å². The predicted octanol–water partition coefficient (Wildman–Crippen LogP) is 2.98. The van der Waals surface area contributed by atoms with Gasteiger partial charge in [-0.05, 0) is 17.0 Å². The predicted molar refractivity (Wildman–Crippen MR) is 59.0 cm³/mol. The van der Waals surface area contributed by atoms with E-state index in [0.29, 0.717) is 18.2 Å². The molecule has 0 radical (unpaired) electrons. The summed E-state index contributed by atoms with van der Waals surface area (Å²) in [7, 11) is 1.53. The first-order chi connectivity index (χ1) is 6.63. The SMILES string of the molecule is COC(=N)Cc1ccc(C(C)C)cc1. The minimum atomic E-state index is 0.308. The van der Waals surface area contributed by atoms with E-state index in [0.717, 1.165) is 5.56 Å². The number of hydrogen-bond acceptors (Lipinski definition) is 2. The van der Waals surface area contributed by atoms with Crippen LogP contribution in [0.3, 0.4) is 0 Å². The van der Waals surface area contributed by atoms with Gasteiger partial charge in [-0.2, -0.15) is 0 Å². The lowest BCUT2D eigenvalue weighted by Gasteiger charge is -2.06. The summed E-state index contributed by atoms with van der Waals surface area (Å²) in [5.41, 5.74) is 2.46. The molecule has 1 aromatic carbocycles. The van der Waals surface area contributed by atoms with E-state index in [1.54, 1.807) is 0 Å². The minimum Gasteiger partial charge on any atom is -0.484 e. The van der Waals surface area contributed by atoms with Gasteiger partial charge in [0.15, 0.2) is 5.90 Å². The maximum Gasteiger partial charge on any atom is 0.184 e. The third-order valence-electron chi connectivity index (χ3n) is 2.26. The van der Waals surface area contributed by atoms with Gasteiger partial charge in [-0.3, -0.25) is 5.41 Å². The molecule has 0 spiro atoms. The van der Waals surface area contributed by atoms with Crippen LogP contribution in [0.5, 0.6) is 0 Å². The number of methoxy groups -OCH3 is 1. The average Bonchev–Trinajstić information content (AvgIpc) is 2.18. The first-order valence-corrected chi connectivity index (χ1v) is 4.83. The molecule has 0 fully saturated rings. The van der Waals surface area contributed by atoms with Crippen LogP contribution < -0.4 is 0 Å². The fourth-order valence-corrected chi connectivity index (χ4v) is 1.28. The van der Waals surface area contributed by atoms with Crippen molar-refractivity contribution in [2.75, 3.05) is 7.11 Å². The van der Waals surface area contributed by atoms with Crippen LogP contribution in [0.2, 0.25) is 0 Å². The fraction of sp³-hybridized carbons (Fsp3) is 0.417. The molecule has 1 aromatic rings. The molecule has 0 amide bonds. The van der Waals surface area contributed by atoms with Crippen LogP contribution in [-0.2, 0) is 11.2 Å². The molecule has 14 heavy (non-hydrogen) atoms. The lowest BCUT2D eigenvalue weighted by molar-refractivity contribution is 0.390. The van der Waals surface area contributed by atoms with E-state index < -0.39 is 0 Å². The standard InChI is InChI=1S/C12H17NO/c1-9(2)11-6-4-10(5-7-11)8-12(13)14-3/h4-7,9,13H,8H2,1-3H3. The summed E-state index contributed by atoms with van der Waals surface area (Å²) >= 11 is 0. The summed E-state index contributed by atoms with van der Waals surface area (Å²) in [4.78, 5) is 0. The summed E-state index contributed by atoms with van der Waals surface area (Å²) in [6, 6.07) is 8.34. The Kier molecular flexibility index (Phi) is 3.69. The van der Waals surface area contributed by atoms with Gasteiger partial charge in [0.05, 0.1) is 7.11 Å². The normalized spacial score (nSPS) is 10.3. The number of benzene rings is 1. The van der Waals surface area contributed by atoms with E-state index in [1.165, 1.54) is 12.7 Å². The van der Waals surface area contributed by atoms with Gasteiger partial charge in [-0.1, -0.05) is 38.1 Å². The van der Waals surface area contributed by atoms with E-state index in [9.17, 15) is 0 Å². The molecule has 0 aliphatic heterocycles. The molecule has 1 N–H and O–H groups in total. The van der Waals surface area contributed by atoms with Crippen molar-refractivity contribution < 1.29 is 4.74 Å². The molecular formula is C12H17NO. The Morgan fingerprint density at radius 2 is 1.86 bits per heavy atom. The number of nitrogens with one attached hydrogen (secondary N) is 1. The molecule has 76 valence electrons. The summed E-state index contributed by atoms with van der Waals surface area (Å²) in [6.07, 6.45) is 0.578. The van der Waals surface area contributed by atoms with E-state index in [-0.39, 0.29) is 0 Å². The number of hydrogen-bond donors (Lipinski definition) is 1. The van der Waals surface area contributed by atoms with Crippen LogP contribution in [0.25, 0.3) is 0 Å². The quantitative estimate of drug-likeness (QED) is 0.578. The largest absolute Gasteiger partial charge is 0.484 e. The van der Waals surface area contributed by atoms with Crippen molar-refractivity contribution in [3.63, 3.8) is 0 Å². The molecule has 2 nitrogen and oxygen atoms in total. The monoisotopic (exact) mass is 191 g/mol. The third-order valence-corrected chi connectivity index (χ3v) is 2.26. The van der Waals surface area contributed by atoms with Gasteiger partial charge < -0.3 is 4.74 Å². The third kappa shape index (κ3) is 2.87. The molecule has 0 saturated heterocycles. The Labute approximate surface area is 85.4 Å². The van der Waals surface area contributed by atoms with Crippen LogP contribution in [0, 0.1) is 5.41 Å². The van der Waals surface area contributed by atoms with Gasteiger partial charge in [-0.15, -0.1) is 0 Å². The highest BCUT2D eigenvalue weighted by Crippen LogP contribution is 2.14. The van der Waals surface area contributed by atoms with E-state index in [1.807, 2.05) is 0 Å². The zero-order valence-corrected chi connectivity index (χ0v) is 9.00. The second-order valence-electron chi connectivity index (χ2n) is 3.70. The molecule has 0 aliphatic carbocycles. The average molecular weight is 191 g/mol. The van der Waals surface area contributed by atoms with E-state index in [4.69, 9.17) is 10.1 Å². The van der Waals surface area contributed by atoms with Crippen molar-refractivity contribution in [2.45, 2.75) is 26.2 Å². The summed E-state index contributed by atoms with van der Waals surface area (Å²) in [5.74, 6) is 0.869. The second-order valence-corrected chi connectivity index (χ2v) is 3.70. The van der Waals surface area contributed by atoms with Gasteiger partial charge in [0.2, 0.25) is 0 Å². The van der Waals surface area contributed by atoms with Gasteiger partial charge in [0, 0.05) is 6.42 Å². The molecule has 0 atom stereocenters. The molecule has 0 bridgehead atoms. The first kappa shape index (κ1) is 10.8. The highest BCUT2D eigenvalue weighted by Gasteiger charge is 2.01. The van der Waals surface area contributed by atoms with Crippen molar-refractivity contribution in [3.8, 4) is 0 Å². The van der Waals surface area contributed by atoms with E-state index in [2.05, 4.69) is 38.1 Å². The van der Waals surface area contributed by atoms with Crippen LogP contribution in [0.1, 0.15) is 30.9 Å². The van der Waals surface area contributed by atoms with Gasteiger partial charge in [-0.25, -0.2) is 0 Å². The Balaban J connectivity index is 2.69. The maximum atomic E-state index is 7.39. The van der Waals surface area contributed by atoms with Crippen LogP contribution in [-0.4, -0.2) is 13.0 Å². The zero-order valence-electron chi connectivity index (χ0n) is 9.00. The van der Waals surface area contributed by atoms with Gasteiger partial charge >= 0.3 is 0 Å². The molecule has 0 aliphatic rings. The molecule has 0 unspecified atom stereocenters. The Bertz CT molecular complexity index is 301. The molecule has 0 heterocycles. The van der Waals surface area contributed by atoms with Gasteiger partial charge in [0.25, 0.3) is 0 Å². The van der Waals surface area contributed by atoms with Crippen LogP contribution in [0.15, 0.2) is 24.3 Å². The lowest BCUT2D eigenvalue weighted by Crippen LogP contribution is -2.03. The van der Waals surface area contributed by atoms with Crippen molar-refractivity contribution in [1.82, 2.24) is 0 Å². The highest BCUT2D eigenvalue weighted by molar-refractivity contribution is 5.75. The second kappa shape index (κ2) is 4.80. The summed E-state index contributed by atoms with van der Waals surface area (Å²) < 4.78 is 4.82. The maximum absolute atomic E-state index is 7.39. The molecular weight excluding hydrogens is 174 g/mol. The summed E-state index contributed by atoms with van der Waals surface area (Å²) in [5, 5.41) is 7.39. The van der Waals surface area contributed by atoms with Crippen molar-refractivity contribution in [2.24, 2.45) is 0 Å².